The number of carbonyl (C=O) groups excluding carboxylic acids is 2. The Morgan fingerprint density at radius 1 is 0.452 bits per heavy atom. The average molecular weight is 870 g/mol. The van der Waals surface area contributed by atoms with Gasteiger partial charge in [-0.3, -0.25) is 9.59 Å². The Hall–Kier alpha value is -1.92. The van der Waals surface area contributed by atoms with Crippen molar-refractivity contribution in [3.63, 3.8) is 0 Å². The van der Waals surface area contributed by atoms with Crippen LogP contribution in [0.15, 0.2) is 18.2 Å². The minimum absolute atomic E-state index is 0.149. The number of hydrogen-bond acceptors (Lipinski definition) is 6. The Morgan fingerprint density at radius 2 is 0.726 bits per heavy atom. The summed E-state index contributed by atoms with van der Waals surface area (Å²) >= 11 is 0. The molecule has 6 nitrogen and oxygen atoms in total. The lowest BCUT2D eigenvalue weighted by Gasteiger charge is -2.23. The Bertz CT molecular complexity index is 1160. The molecule has 0 radical (unpaired) electrons. The summed E-state index contributed by atoms with van der Waals surface area (Å²) in [5.74, 6) is -0.181. The van der Waals surface area contributed by atoms with E-state index in [4.69, 9.17) is 9.47 Å². The van der Waals surface area contributed by atoms with Gasteiger partial charge in [-0.1, -0.05) is 251 Å². The van der Waals surface area contributed by atoms with Crippen LogP contribution in [-0.2, 0) is 9.59 Å². The molecule has 362 valence electrons. The third-order valence-corrected chi connectivity index (χ3v) is 12.6. The summed E-state index contributed by atoms with van der Waals surface area (Å²) in [7, 11) is 0. The number of unbranched alkanes of at least 4 members (excludes halogenated alkanes) is 36. The van der Waals surface area contributed by atoms with Crippen molar-refractivity contribution in [1.82, 2.24) is 5.32 Å². The second-order valence-electron chi connectivity index (χ2n) is 20.0. The number of carbonyl (C=O) groups is 2. The average Bonchev–Trinajstić information content (AvgIpc) is 3.24. The lowest BCUT2D eigenvalue weighted by molar-refractivity contribution is -0.137. The molecule has 1 aromatic rings. The molecule has 0 aliphatic heterocycles. The highest BCUT2D eigenvalue weighted by Gasteiger charge is 2.19. The van der Waals surface area contributed by atoms with Crippen LogP contribution in [0.5, 0.6) is 11.5 Å². The summed E-state index contributed by atoms with van der Waals surface area (Å²) in [6.07, 6.45) is 49.8. The van der Waals surface area contributed by atoms with Crippen molar-refractivity contribution in [3.8, 4) is 11.5 Å². The predicted molar refractivity (Wildman–Crippen MR) is 266 cm³/mol. The lowest BCUT2D eigenvalue weighted by Crippen LogP contribution is -2.38. The summed E-state index contributed by atoms with van der Waals surface area (Å²) in [5.41, 5.74) is 0.468. The first kappa shape index (κ1) is 58.1. The van der Waals surface area contributed by atoms with Gasteiger partial charge in [0.1, 0.15) is 0 Å². The summed E-state index contributed by atoms with van der Waals surface area (Å²) in [5, 5.41) is 14.2. The first-order valence-corrected chi connectivity index (χ1v) is 27.1. The van der Waals surface area contributed by atoms with Gasteiger partial charge in [-0.25, -0.2) is 0 Å². The van der Waals surface area contributed by atoms with Crippen molar-refractivity contribution < 1.29 is 24.2 Å². The highest BCUT2D eigenvalue weighted by molar-refractivity contribution is 5.76. The van der Waals surface area contributed by atoms with Crippen molar-refractivity contribution in [2.75, 3.05) is 6.54 Å². The van der Waals surface area contributed by atoms with Crippen molar-refractivity contribution in [1.29, 1.82) is 0 Å². The number of hydrogen-bond donors (Lipinski definition) is 2. The number of β-amino-alcohol motifs (C(OH)–C–C–N with tert-alkyl or cyclic N) is 1. The Labute approximate surface area is 385 Å². The summed E-state index contributed by atoms with van der Waals surface area (Å²) < 4.78 is 11.6. The number of ether oxygens (including phenoxy) is 2. The van der Waals surface area contributed by atoms with Gasteiger partial charge >= 0.3 is 11.9 Å². The monoisotopic (exact) mass is 870 g/mol. The minimum Gasteiger partial charge on any atom is -0.423 e. The number of benzene rings is 1. The summed E-state index contributed by atoms with van der Waals surface area (Å²) in [6.45, 7) is 11.1. The van der Waals surface area contributed by atoms with Crippen LogP contribution in [-0.4, -0.2) is 29.1 Å². The fraction of sp³-hybridized carbons (Fsp3) is 0.857. The van der Waals surface area contributed by atoms with Gasteiger partial charge in [-0.05, 0) is 51.3 Å². The third kappa shape index (κ3) is 37.5. The van der Waals surface area contributed by atoms with Crippen LogP contribution < -0.4 is 14.8 Å². The molecule has 1 rings (SSSR count). The van der Waals surface area contributed by atoms with E-state index in [1.165, 1.54) is 205 Å². The molecular formula is C56H103NO5. The maximum Gasteiger partial charge on any atom is 0.311 e. The van der Waals surface area contributed by atoms with Gasteiger partial charge in [0.05, 0.1) is 6.10 Å². The van der Waals surface area contributed by atoms with Crippen LogP contribution in [0.3, 0.4) is 0 Å². The van der Waals surface area contributed by atoms with Crippen molar-refractivity contribution in [2.45, 2.75) is 303 Å². The number of nitrogens with one attached hydrogen (secondary N) is 1. The van der Waals surface area contributed by atoms with Gasteiger partial charge in [0.2, 0.25) is 0 Å². The first-order valence-electron chi connectivity index (χ1n) is 27.1. The molecule has 0 spiro atoms. The molecule has 0 saturated carbocycles. The zero-order valence-electron chi connectivity index (χ0n) is 41.9. The normalized spacial score (nSPS) is 12.2. The molecule has 1 atom stereocenters. The maximum atomic E-state index is 13.0. The minimum atomic E-state index is -0.791. The van der Waals surface area contributed by atoms with Gasteiger partial charge in [0.25, 0.3) is 0 Å². The van der Waals surface area contributed by atoms with Crippen molar-refractivity contribution >= 4 is 11.9 Å². The first-order chi connectivity index (χ1) is 30.2. The fourth-order valence-electron chi connectivity index (χ4n) is 8.46. The van der Waals surface area contributed by atoms with Gasteiger partial charge in [0.15, 0.2) is 11.5 Å². The van der Waals surface area contributed by atoms with Crippen LogP contribution in [0.4, 0.5) is 0 Å². The SMILES string of the molecule is CCCCCCCCCCCCCCCCCCCCCC(=O)Oc1ccc(C(O)CNC(C)(C)C)cc1OC(=O)CCCCCCCCCCCCCCCCCCCCC. The largest absolute Gasteiger partial charge is 0.423 e. The van der Waals surface area contributed by atoms with E-state index in [9.17, 15) is 14.7 Å². The molecule has 1 aromatic carbocycles. The van der Waals surface area contributed by atoms with E-state index in [1.807, 2.05) is 0 Å². The Morgan fingerprint density at radius 3 is 1.02 bits per heavy atom. The van der Waals surface area contributed by atoms with Crippen LogP contribution in [0.1, 0.15) is 303 Å². The van der Waals surface area contributed by atoms with Crippen LogP contribution >= 0.6 is 0 Å². The van der Waals surface area contributed by atoms with Gasteiger partial charge < -0.3 is 19.9 Å². The Balaban J connectivity index is 2.27. The quantitative estimate of drug-likeness (QED) is 0.0386. The molecule has 0 saturated heterocycles. The summed E-state index contributed by atoms with van der Waals surface area (Å²) in [4.78, 5) is 25.9. The van der Waals surface area contributed by atoms with Crippen LogP contribution in [0.25, 0.3) is 0 Å². The van der Waals surface area contributed by atoms with Crippen molar-refractivity contribution in [3.05, 3.63) is 23.8 Å². The highest BCUT2D eigenvalue weighted by Crippen LogP contribution is 2.32. The molecule has 0 aromatic heterocycles. The number of aliphatic hydroxyl groups excluding tert-OH is 1. The van der Waals surface area contributed by atoms with Crippen LogP contribution in [0, 0.1) is 0 Å². The molecule has 1 unspecified atom stereocenters. The van der Waals surface area contributed by atoms with E-state index in [0.29, 0.717) is 24.9 Å². The van der Waals surface area contributed by atoms with Crippen molar-refractivity contribution in [2.24, 2.45) is 0 Å². The smallest absolute Gasteiger partial charge is 0.311 e. The lowest BCUT2D eigenvalue weighted by atomic mass is 10.0. The van der Waals surface area contributed by atoms with E-state index >= 15 is 0 Å². The van der Waals surface area contributed by atoms with Gasteiger partial charge in [0, 0.05) is 24.9 Å². The molecule has 0 heterocycles. The van der Waals surface area contributed by atoms with Crippen LogP contribution in [0.2, 0.25) is 0 Å². The number of esters is 2. The second-order valence-corrected chi connectivity index (χ2v) is 20.0. The third-order valence-electron chi connectivity index (χ3n) is 12.6. The molecular weight excluding hydrogens is 767 g/mol. The van der Waals surface area contributed by atoms with E-state index in [0.717, 1.165) is 38.5 Å². The topological polar surface area (TPSA) is 84.9 Å². The fourth-order valence-corrected chi connectivity index (χ4v) is 8.46. The molecule has 62 heavy (non-hydrogen) atoms. The highest BCUT2D eigenvalue weighted by atomic mass is 16.6. The van der Waals surface area contributed by atoms with E-state index in [1.54, 1.807) is 18.2 Å². The molecule has 6 heteroatoms. The number of rotatable bonds is 45. The predicted octanol–water partition coefficient (Wildman–Crippen LogP) is 17.6. The Kier molecular flexibility index (Phi) is 39.1. The zero-order valence-corrected chi connectivity index (χ0v) is 41.9. The molecule has 0 aliphatic rings. The second kappa shape index (κ2) is 41.8. The van der Waals surface area contributed by atoms with E-state index < -0.39 is 6.10 Å². The molecule has 0 aliphatic carbocycles. The van der Waals surface area contributed by atoms with E-state index in [2.05, 4.69) is 39.9 Å². The van der Waals surface area contributed by atoms with Gasteiger partial charge in [-0.2, -0.15) is 0 Å². The molecule has 0 bridgehead atoms. The van der Waals surface area contributed by atoms with Gasteiger partial charge in [-0.15, -0.1) is 0 Å². The molecule has 0 fully saturated rings. The molecule has 0 amide bonds. The number of aliphatic hydroxyl groups is 1. The summed E-state index contributed by atoms with van der Waals surface area (Å²) in [6, 6.07) is 5.07. The molecule has 2 N–H and O–H groups in total. The standard InChI is InChI=1S/C56H103NO5/c1-6-8-10-12-14-16-18-20-22-24-26-28-30-32-34-36-38-40-42-44-54(59)61-52-47-46-50(51(58)49-57-56(3,4)5)48-53(52)62-55(60)45-43-41-39-37-35-33-31-29-27-25-23-21-19-17-15-13-11-9-7-2/h46-48,51,57-58H,6-45,49H2,1-5H3. The van der Waals surface area contributed by atoms with E-state index in [-0.39, 0.29) is 29.0 Å². The zero-order chi connectivity index (χ0) is 45.2. The maximum absolute atomic E-state index is 13.0.